The molecule has 0 aliphatic carbocycles. The maximum absolute atomic E-state index is 13.0. The topological polar surface area (TPSA) is 9.23 Å². The normalized spacial score (nSPS) is 9.94. The molecule has 0 bridgehead atoms. The van der Waals surface area contributed by atoms with Gasteiger partial charge >= 0.3 is 0 Å². The fourth-order valence-corrected chi connectivity index (χ4v) is 1.23. The Hall–Kier alpha value is -1.41. The molecule has 94 valence electrons. The number of hydrogen-bond acceptors (Lipinski definition) is 1. The van der Waals surface area contributed by atoms with Crippen LogP contribution in [0.5, 0.6) is 0 Å². The summed E-state index contributed by atoms with van der Waals surface area (Å²) in [5.74, 6) is -0.188. The summed E-state index contributed by atoms with van der Waals surface area (Å²) in [6.07, 6.45) is 3.75. The molecule has 0 aliphatic heterocycles. The standard InChI is InChI=1S/C13H15FO.C2H6/c1-10(5-4-8-15-3)12-6-7-13(14)11(2)9-12;1-2/h4-7,9H,1,8H2,2-3H3;1-2H3/b5-4+;. The molecule has 17 heavy (non-hydrogen) atoms. The molecule has 0 aliphatic rings. The Labute approximate surface area is 104 Å². The molecule has 0 aromatic heterocycles. The van der Waals surface area contributed by atoms with Gasteiger partial charge in [-0.3, -0.25) is 0 Å². The number of methoxy groups -OCH3 is 1. The number of rotatable bonds is 4. The van der Waals surface area contributed by atoms with Gasteiger partial charge in [0.15, 0.2) is 0 Å². The second-order valence-corrected chi connectivity index (χ2v) is 3.35. The molecule has 0 N–H and O–H groups in total. The Bertz CT molecular complexity index is 381. The van der Waals surface area contributed by atoms with Gasteiger partial charge in [-0.25, -0.2) is 4.39 Å². The van der Waals surface area contributed by atoms with Gasteiger partial charge in [-0.1, -0.05) is 38.6 Å². The minimum atomic E-state index is -0.188. The number of ether oxygens (including phenoxy) is 1. The van der Waals surface area contributed by atoms with E-state index < -0.39 is 0 Å². The Kier molecular flexibility index (Phi) is 7.99. The van der Waals surface area contributed by atoms with E-state index >= 15 is 0 Å². The zero-order valence-electron chi connectivity index (χ0n) is 11.1. The lowest BCUT2D eigenvalue weighted by Crippen LogP contribution is -1.86. The first kappa shape index (κ1) is 15.6. The van der Waals surface area contributed by atoms with E-state index in [2.05, 4.69) is 6.58 Å². The lowest BCUT2D eigenvalue weighted by atomic mass is 10.0. The molecule has 0 saturated heterocycles. The average Bonchev–Trinajstić information content (AvgIpc) is 2.35. The highest BCUT2D eigenvalue weighted by atomic mass is 19.1. The number of hydrogen-bond donors (Lipinski definition) is 0. The fourth-order valence-electron chi connectivity index (χ4n) is 1.23. The van der Waals surface area contributed by atoms with Crippen LogP contribution < -0.4 is 0 Å². The highest BCUT2D eigenvalue weighted by Crippen LogP contribution is 2.17. The van der Waals surface area contributed by atoms with Gasteiger partial charge in [-0.15, -0.1) is 0 Å². The summed E-state index contributed by atoms with van der Waals surface area (Å²) in [4.78, 5) is 0. The highest BCUT2D eigenvalue weighted by molar-refractivity contribution is 5.72. The summed E-state index contributed by atoms with van der Waals surface area (Å²) in [5, 5.41) is 0. The summed E-state index contributed by atoms with van der Waals surface area (Å²) in [5.41, 5.74) is 2.42. The Morgan fingerprint density at radius 3 is 2.59 bits per heavy atom. The van der Waals surface area contributed by atoms with Crippen molar-refractivity contribution in [3.63, 3.8) is 0 Å². The lowest BCUT2D eigenvalue weighted by molar-refractivity contribution is 0.234. The third kappa shape index (κ3) is 5.45. The van der Waals surface area contributed by atoms with Gasteiger partial charge in [-0.2, -0.15) is 0 Å². The predicted octanol–water partition coefficient (Wildman–Crippen LogP) is 4.38. The van der Waals surface area contributed by atoms with Crippen molar-refractivity contribution in [3.05, 3.63) is 53.9 Å². The molecule has 0 heterocycles. The first-order valence-corrected chi connectivity index (χ1v) is 5.76. The van der Waals surface area contributed by atoms with Crippen molar-refractivity contribution in [2.24, 2.45) is 0 Å². The van der Waals surface area contributed by atoms with Gasteiger partial charge in [-0.05, 0) is 35.8 Å². The van der Waals surface area contributed by atoms with Crippen LogP contribution in [0.3, 0.4) is 0 Å². The number of aryl methyl sites for hydroxylation is 1. The molecule has 1 rings (SSSR count). The van der Waals surface area contributed by atoms with Crippen molar-refractivity contribution in [2.45, 2.75) is 20.8 Å². The van der Waals surface area contributed by atoms with Crippen molar-refractivity contribution in [1.29, 1.82) is 0 Å². The maximum atomic E-state index is 13.0. The van der Waals surface area contributed by atoms with E-state index in [9.17, 15) is 4.39 Å². The van der Waals surface area contributed by atoms with Crippen LogP contribution in [0, 0.1) is 12.7 Å². The Balaban J connectivity index is 0.00000121. The SMILES string of the molecule is C=C(/C=C/COC)c1ccc(F)c(C)c1.CC. The highest BCUT2D eigenvalue weighted by Gasteiger charge is 1.99. The average molecular weight is 236 g/mol. The lowest BCUT2D eigenvalue weighted by Gasteiger charge is -2.03. The second-order valence-electron chi connectivity index (χ2n) is 3.35. The monoisotopic (exact) mass is 236 g/mol. The van der Waals surface area contributed by atoms with Crippen molar-refractivity contribution >= 4 is 5.57 Å². The summed E-state index contributed by atoms with van der Waals surface area (Å²) in [7, 11) is 1.63. The second kappa shape index (κ2) is 8.71. The Morgan fingerprint density at radius 1 is 1.41 bits per heavy atom. The molecule has 0 spiro atoms. The smallest absolute Gasteiger partial charge is 0.126 e. The van der Waals surface area contributed by atoms with Gasteiger partial charge in [0.05, 0.1) is 6.61 Å². The van der Waals surface area contributed by atoms with E-state index in [0.29, 0.717) is 12.2 Å². The van der Waals surface area contributed by atoms with E-state index in [-0.39, 0.29) is 5.82 Å². The molecule has 1 nitrogen and oxygen atoms in total. The summed E-state index contributed by atoms with van der Waals surface area (Å²) in [6, 6.07) is 4.97. The molecule has 0 radical (unpaired) electrons. The largest absolute Gasteiger partial charge is 0.381 e. The fraction of sp³-hybridized carbons (Fsp3) is 0.333. The third-order valence-electron chi connectivity index (χ3n) is 2.11. The van der Waals surface area contributed by atoms with Gasteiger partial charge in [0.2, 0.25) is 0 Å². The minimum Gasteiger partial charge on any atom is -0.381 e. The maximum Gasteiger partial charge on any atom is 0.126 e. The molecule has 0 saturated carbocycles. The zero-order chi connectivity index (χ0) is 13.3. The summed E-state index contributed by atoms with van der Waals surface area (Å²) >= 11 is 0. The van der Waals surface area contributed by atoms with Crippen LogP contribution in [0.2, 0.25) is 0 Å². The first-order valence-electron chi connectivity index (χ1n) is 5.76. The molecular formula is C15H21FO. The molecule has 0 unspecified atom stereocenters. The molecule has 2 heteroatoms. The molecular weight excluding hydrogens is 215 g/mol. The van der Waals surface area contributed by atoms with Gasteiger partial charge < -0.3 is 4.74 Å². The van der Waals surface area contributed by atoms with E-state index in [1.165, 1.54) is 6.07 Å². The van der Waals surface area contributed by atoms with E-state index in [4.69, 9.17) is 4.74 Å². The van der Waals surface area contributed by atoms with Crippen molar-refractivity contribution in [1.82, 2.24) is 0 Å². The predicted molar refractivity (Wildman–Crippen MR) is 72.5 cm³/mol. The van der Waals surface area contributed by atoms with Crippen LogP contribution in [0.1, 0.15) is 25.0 Å². The molecule has 0 amide bonds. The molecule has 0 atom stereocenters. The van der Waals surface area contributed by atoms with Gasteiger partial charge in [0.25, 0.3) is 0 Å². The zero-order valence-corrected chi connectivity index (χ0v) is 11.1. The third-order valence-corrected chi connectivity index (χ3v) is 2.11. The van der Waals surface area contributed by atoms with Crippen LogP contribution in [-0.4, -0.2) is 13.7 Å². The van der Waals surface area contributed by atoms with Crippen LogP contribution >= 0.6 is 0 Å². The van der Waals surface area contributed by atoms with E-state index in [1.54, 1.807) is 26.2 Å². The molecule has 1 aromatic carbocycles. The quantitative estimate of drug-likeness (QED) is 0.705. The number of halogens is 1. The first-order chi connectivity index (χ1) is 8.15. The minimum absolute atomic E-state index is 0.188. The molecule has 0 fully saturated rings. The van der Waals surface area contributed by atoms with Crippen LogP contribution in [0.15, 0.2) is 36.9 Å². The van der Waals surface area contributed by atoms with Crippen molar-refractivity contribution in [2.75, 3.05) is 13.7 Å². The summed E-state index contributed by atoms with van der Waals surface area (Å²) in [6.45, 7) is 10.2. The van der Waals surface area contributed by atoms with Crippen molar-refractivity contribution < 1.29 is 9.13 Å². The summed E-state index contributed by atoms with van der Waals surface area (Å²) < 4.78 is 17.9. The van der Waals surface area contributed by atoms with Crippen LogP contribution in [0.25, 0.3) is 5.57 Å². The number of allylic oxidation sites excluding steroid dienone is 2. The van der Waals surface area contributed by atoms with Crippen molar-refractivity contribution in [3.8, 4) is 0 Å². The van der Waals surface area contributed by atoms with E-state index in [1.807, 2.05) is 26.0 Å². The van der Waals surface area contributed by atoms with Gasteiger partial charge in [0, 0.05) is 7.11 Å². The Morgan fingerprint density at radius 2 is 2.06 bits per heavy atom. The number of benzene rings is 1. The van der Waals surface area contributed by atoms with Gasteiger partial charge in [0.1, 0.15) is 5.82 Å². The van der Waals surface area contributed by atoms with Crippen LogP contribution in [0.4, 0.5) is 4.39 Å². The molecule has 1 aromatic rings. The van der Waals surface area contributed by atoms with Crippen LogP contribution in [-0.2, 0) is 4.74 Å². The van der Waals surface area contributed by atoms with E-state index in [0.717, 1.165) is 11.1 Å².